The molecule has 0 radical (unpaired) electrons. The summed E-state index contributed by atoms with van der Waals surface area (Å²) in [5.74, 6) is -0.918. The Labute approximate surface area is 117 Å². The largest absolute Gasteiger partial charge is 0.416 e. The molecule has 7 heteroatoms. The number of hydrogen-bond donors (Lipinski definition) is 1. The van der Waals surface area contributed by atoms with Crippen LogP contribution in [-0.4, -0.2) is 10.5 Å². The Bertz CT molecular complexity index is 764. The van der Waals surface area contributed by atoms with E-state index in [2.05, 4.69) is 0 Å². The molecule has 0 aliphatic carbocycles. The molecule has 0 aliphatic rings. The summed E-state index contributed by atoms with van der Waals surface area (Å²) in [4.78, 5) is 23.5. The molecule has 110 valence electrons. The SMILES string of the molecule is Cc1ccn(-c2cccc(C(F)(F)F)c2)c(=O)c1C(N)=O. The zero-order valence-corrected chi connectivity index (χ0v) is 10.9. The van der Waals surface area contributed by atoms with E-state index in [0.29, 0.717) is 5.56 Å². The van der Waals surface area contributed by atoms with Gasteiger partial charge in [0.2, 0.25) is 0 Å². The second-order valence-corrected chi connectivity index (χ2v) is 4.46. The van der Waals surface area contributed by atoms with Gasteiger partial charge in [0.1, 0.15) is 5.56 Å². The first-order valence-electron chi connectivity index (χ1n) is 5.91. The van der Waals surface area contributed by atoms with E-state index in [0.717, 1.165) is 16.7 Å². The van der Waals surface area contributed by atoms with Crippen LogP contribution in [0.15, 0.2) is 41.3 Å². The average molecular weight is 296 g/mol. The number of carbonyl (C=O) groups is 1. The Balaban J connectivity index is 2.66. The number of halogens is 3. The van der Waals surface area contributed by atoms with E-state index in [-0.39, 0.29) is 11.3 Å². The van der Waals surface area contributed by atoms with Crippen LogP contribution in [0.4, 0.5) is 13.2 Å². The molecule has 2 N–H and O–H groups in total. The molecule has 0 aliphatic heterocycles. The summed E-state index contributed by atoms with van der Waals surface area (Å²) < 4.78 is 39.0. The van der Waals surface area contributed by atoms with Crippen LogP contribution in [0.25, 0.3) is 5.69 Å². The number of alkyl halides is 3. The first-order chi connectivity index (χ1) is 9.71. The van der Waals surface area contributed by atoms with Gasteiger partial charge in [0.25, 0.3) is 11.5 Å². The molecule has 0 spiro atoms. The molecule has 1 amide bonds. The van der Waals surface area contributed by atoms with Gasteiger partial charge >= 0.3 is 6.18 Å². The van der Waals surface area contributed by atoms with Crippen LogP contribution in [0, 0.1) is 6.92 Å². The van der Waals surface area contributed by atoms with Gasteiger partial charge < -0.3 is 5.73 Å². The number of aryl methyl sites for hydroxylation is 1. The van der Waals surface area contributed by atoms with Gasteiger partial charge in [0, 0.05) is 11.9 Å². The van der Waals surface area contributed by atoms with Gasteiger partial charge in [-0.2, -0.15) is 13.2 Å². The molecule has 21 heavy (non-hydrogen) atoms. The van der Waals surface area contributed by atoms with Crippen LogP contribution in [-0.2, 0) is 6.18 Å². The minimum absolute atomic E-state index is 0.0114. The number of nitrogens with two attached hydrogens (primary N) is 1. The van der Waals surface area contributed by atoms with Crippen molar-refractivity contribution in [3.05, 3.63) is 63.6 Å². The molecule has 0 atom stereocenters. The molecule has 1 heterocycles. The van der Waals surface area contributed by atoms with E-state index in [9.17, 15) is 22.8 Å². The van der Waals surface area contributed by atoms with Gasteiger partial charge in [0.15, 0.2) is 0 Å². The maximum absolute atomic E-state index is 12.7. The normalized spacial score (nSPS) is 11.4. The van der Waals surface area contributed by atoms with Crippen molar-refractivity contribution < 1.29 is 18.0 Å². The molecule has 0 saturated heterocycles. The lowest BCUT2D eigenvalue weighted by molar-refractivity contribution is -0.137. The van der Waals surface area contributed by atoms with Crippen molar-refractivity contribution in [3.8, 4) is 5.69 Å². The second kappa shape index (κ2) is 5.08. The predicted octanol–water partition coefficient (Wildman–Crippen LogP) is 2.26. The highest BCUT2D eigenvalue weighted by Gasteiger charge is 2.30. The van der Waals surface area contributed by atoms with Gasteiger partial charge in [-0.05, 0) is 36.8 Å². The van der Waals surface area contributed by atoms with Crippen molar-refractivity contribution in [2.75, 3.05) is 0 Å². The number of carbonyl (C=O) groups excluding carboxylic acids is 1. The van der Waals surface area contributed by atoms with Crippen LogP contribution in [0.2, 0.25) is 0 Å². The number of nitrogens with zero attached hydrogens (tertiary/aromatic N) is 1. The standard InChI is InChI=1S/C14H11F3N2O2/c1-8-5-6-19(13(21)11(8)12(18)20)10-4-2-3-9(7-10)14(15,16)17/h2-7H,1H3,(H2,18,20). The Kier molecular flexibility index (Phi) is 3.59. The summed E-state index contributed by atoms with van der Waals surface area (Å²) >= 11 is 0. The van der Waals surface area contributed by atoms with Crippen molar-refractivity contribution in [2.45, 2.75) is 13.1 Å². The summed E-state index contributed by atoms with van der Waals surface area (Å²) in [5.41, 5.74) is 3.64. The van der Waals surface area contributed by atoms with E-state index in [1.165, 1.54) is 31.3 Å². The van der Waals surface area contributed by atoms with Crippen molar-refractivity contribution in [3.63, 3.8) is 0 Å². The fraction of sp³-hybridized carbons (Fsp3) is 0.143. The molecule has 0 fully saturated rings. The number of primary amides is 1. The fourth-order valence-corrected chi connectivity index (χ4v) is 1.96. The van der Waals surface area contributed by atoms with Gasteiger partial charge in [-0.1, -0.05) is 6.07 Å². The van der Waals surface area contributed by atoms with Crippen LogP contribution >= 0.6 is 0 Å². The molecular formula is C14H11F3N2O2. The van der Waals surface area contributed by atoms with Gasteiger partial charge in [0.05, 0.1) is 5.56 Å². The number of hydrogen-bond acceptors (Lipinski definition) is 2. The number of rotatable bonds is 2. The van der Waals surface area contributed by atoms with Crippen LogP contribution in [0.3, 0.4) is 0 Å². The highest BCUT2D eigenvalue weighted by Crippen LogP contribution is 2.30. The molecule has 4 nitrogen and oxygen atoms in total. The molecule has 2 aromatic rings. The lowest BCUT2D eigenvalue weighted by Crippen LogP contribution is -2.29. The lowest BCUT2D eigenvalue weighted by atomic mass is 10.1. The monoisotopic (exact) mass is 296 g/mol. The van der Waals surface area contributed by atoms with Gasteiger partial charge in [-0.15, -0.1) is 0 Å². The van der Waals surface area contributed by atoms with Crippen molar-refractivity contribution in [1.82, 2.24) is 4.57 Å². The summed E-state index contributed by atoms with van der Waals surface area (Å²) in [6.07, 6.45) is -3.21. The summed E-state index contributed by atoms with van der Waals surface area (Å²) in [6, 6.07) is 5.71. The maximum Gasteiger partial charge on any atom is 0.416 e. The Hall–Kier alpha value is -2.57. The van der Waals surface area contributed by atoms with Gasteiger partial charge in [-0.25, -0.2) is 0 Å². The van der Waals surface area contributed by atoms with Crippen LogP contribution in [0.1, 0.15) is 21.5 Å². The van der Waals surface area contributed by atoms with Gasteiger partial charge in [-0.3, -0.25) is 14.2 Å². The third-order valence-corrected chi connectivity index (χ3v) is 3.00. The number of pyridine rings is 1. The van der Waals surface area contributed by atoms with Crippen LogP contribution < -0.4 is 11.3 Å². The number of aromatic nitrogens is 1. The minimum atomic E-state index is -4.52. The second-order valence-electron chi connectivity index (χ2n) is 4.46. The first-order valence-corrected chi connectivity index (χ1v) is 5.91. The Morgan fingerprint density at radius 2 is 1.90 bits per heavy atom. The molecule has 2 rings (SSSR count). The maximum atomic E-state index is 12.7. The molecule has 0 saturated carbocycles. The highest BCUT2D eigenvalue weighted by atomic mass is 19.4. The highest BCUT2D eigenvalue weighted by molar-refractivity contribution is 5.93. The summed E-state index contributed by atoms with van der Waals surface area (Å²) in [5, 5.41) is 0. The fourth-order valence-electron chi connectivity index (χ4n) is 1.96. The summed E-state index contributed by atoms with van der Waals surface area (Å²) in [6.45, 7) is 1.53. The van der Waals surface area contributed by atoms with Crippen molar-refractivity contribution >= 4 is 5.91 Å². The number of amides is 1. The quantitative estimate of drug-likeness (QED) is 0.924. The van der Waals surface area contributed by atoms with E-state index >= 15 is 0 Å². The molecule has 0 unspecified atom stereocenters. The third kappa shape index (κ3) is 2.81. The molecule has 1 aromatic carbocycles. The topological polar surface area (TPSA) is 65.1 Å². The predicted molar refractivity (Wildman–Crippen MR) is 70.3 cm³/mol. The zero-order chi connectivity index (χ0) is 15.8. The Morgan fingerprint density at radius 3 is 2.48 bits per heavy atom. The molecule has 0 bridgehead atoms. The third-order valence-electron chi connectivity index (χ3n) is 3.00. The smallest absolute Gasteiger partial charge is 0.365 e. The van der Waals surface area contributed by atoms with E-state index in [4.69, 9.17) is 5.73 Å². The zero-order valence-electron chi connectivity index (χ0n) is 10.9. The first kappa shape index (κ1) is 14.8. The number of benzene rings is 1. The van der Waals surface area contributed by atoms with E-state index < -0.39 is 23.2 Å². The Morgan fingerprint density at radius 1 is 1.24 bits per heavy atom. The van der Waals surface area contributed by atoms with E-state index in [1.807, 2.05) is 0 Å². The van der Waals surface area contributed by atoms with Crippen molar-refractivity contribution in [2.24, 2.45) is 5.73 Å². The lowest BCUT2D eigenvalue weighted by Gasteiger charge is -2.12. The van der Waals surface area contributed by atoms with E-state index in [1.54, 1.807) is 0 Å². The van der Waals surface area contributed by atoms with Crippen LogP contribution in [0.5, 0.6) is 0 Å². The average Bonchev–Trinajstić information content (AvgIpc) is 2.37. The molecule has 1 aromatic heterocycles. The molecular weight excluding hydrogens is 285 g/mol. The summed E-state index contributed by atoms with van der Waals surface area (Å²) in [7, 11) is 0. The minimum Gasteiger partial charge on any atom is -0.365 e. The van der Waals surface area contributed by atoms with Crippen molar-refractivity contribution in [1.29, 1.82) is 0 Å².